The number of fused-ring (bicyclic) bond motifs is 1. The number of aromatic nitrogens is 3. The molecule has 0 unspecified atom stereocenters. The average Bonchev–Trinajstić information content (AvgIpc) is 3.35. The van der Waals surface area contributed by atoms with E-state index in [0.29, 0.717) is 18.5 Å². The molecule has 1 aliphatic carbocycles. The first-order valence-corrected chi connectivity index (χ1v) is 9.82. The molecule has 1 saturated carbocycles. The van der Waals surface area contributed by atoms with E-state index >= 15 is 0 Å². The smallest absolute Gasteiger partial charge is 0.229 e. The van der Waals surface area contributed by atoms with E-state index in [1.54, 1.807) is 6.33 Å². The maximum Gasteiger partial charge on any atom is 0.229 e. The number of amides is 1. The van der Waals surface area contributed by atoms with Gasteiger partial charge in [-0.3, -0.25) is 9.69 Å². The second-order valence-electron chi connectivity index (χ2n) is 7.97. The van der Waals surface area contributed by atoms with E-state index < -0.39 is 0 Å². The Balaban J connectivity index is 1.42. The zero-order valence-corrected chi connectivity index (χ0v) is 15.2. The maximum atomic E-state index is 13.1. The molecule has 2 aliphatic heterocycles. The summed E-state index contributed by atoms with van der Waals surface area (Å²) >= 11 is 0. The molecule has 7 heteroatoms. The number of aryl methyl sites for hydroxylation is 1. The van der Waals surface area contributed by atoms with Gasteiger partial charge in [-0.15, -0.1) is 10.2 Å². The monoisotopic (exact) mass is 346 g/mol. The van der Waals surface area contributed by atoms with E-state index in [0.717, 1.165) is 45.0 Å². The van der Waals surface area contributed by atoms with Crippen LogP contribution in [0, 0.1) is 11.3 Å². The van der Waals surface area contributed by atoms with Crippen molar-refractivity contribution in [3.63, 3.8) is 0 Å². The Labute approximate surface area is 149 Å². The minimum atomic E-state index is -0.266. The molecule has 138 valence electrons. The topological polar surface area (TPSA) is 75.1 Å². The molecule has 1 amide bonds. The molecule has 3 fully saturated rings. The lowest BCUT2D eigenvalue weighted by Crippen LogP contribution is -2.48. The molecule has 25 heavy (non-hydrogen) atoms. The first-order chi connectivity index (χ1) is 12.2. The Kier molecular flexibility index (Phi) is 4.78. The molecule has 2 N–H and O–H groups in total. The second-order valence-corrected chi connectivity index (χ2v) is 7.97. The third-order valence-corrected chi connectivity index (χ3v) is 6.41. The summed E-state index contributed by atoms with van der Waals surface area (Å²) in [5.74, 6) is 1.47. The number of carbonyl (C=O) groups excluding carboxylic acids is 1. The highest BCUT2D eigenvalue weighted by atomic mass is 16.2. The van der Waals surface area contributed by atoms with Gasteiger partial charge in [0.05, 0.1) is 12.0 Å². The average molecular weight is 346 g/mol. The Hall–Kier alpha value is -1.47. The number of nitrogens with zero attached hydrogens (tertiary/aromatic N) is 4. The molecule has 0 aromatic carbocycles. The van der Waals surface area contributed by atoms with E-state index in [9.17, 15) is 4.79 Å². The Morgan fingerprint density at radius 2 is 2.28 bits per heavy atom. The van der Waals surface area contributed by atoms with Gasteiger partial charge in [0.2, 0.25) is 5.91 Å². The van der Waals surface area contributed by atoms with Gasteiger partial charge in [-0.1, -0.05) is 19.8 Å². The standard InChI is InChI=1S/C18H30N6O/c1-2-7-23-13-21-22-16(23)9-20-17(25)18-11-19-8-14(18)10-24(12-18)15-5-3-4-6-15/h13-15,19H,2-12H2,1H3,(H,20,25)/t14-,18-/m1/s1. The van der Waals surface area contributed by atoms with Crippen molar-refractivity contribution in [2.45, 2.75) is 58.2 Å². The molecule has 7 nitrogen and oxygen atoms in total. The molecule has 3 heterocycles. The van der Waals surface area contributed by atoms with E-state index in [-0.39, 0.29) is 11.3 Å². The van der Waals surface area contributed by atoms with Gasteiger partial charge in [0.1, 0.15) is 6.33 Å². The molecule has 1 aromatic rings. The largest absolute Gasteiger partial charge is 0.348 e. The minimum Gasteiger partial charge on any atom is -0.348 e. The fourth-order valence-corrected chi connectivity index (χ4v) is 5.01. The number of nitrogens with one attached hydrogen (secondary N) is 2. The van der Waals surface area contributed by atoms with Crippen LogP contribution >= 0.6 is 0 Å². The van der Waals surface area contributed by atoms with Gasteiger partial charge in [0, 0.05) is 44.7 Å². The number of rotatable bonds is 6. The van der Waals surface area contributed by atoms with Crippen LogP contribution in [0.4, 0.5) is 0 Å². The lowest BCUT2D eigenvalue weighted by Gasteiger charge is -2.29. The quantitative estimate of drug-likeness (QED) is 0.796. The van der Waals surface area contributed by atoms with Gasteiger partial charge < -0.3 is 15.2 Å². The van der Waals surface area contributed by atoms with Crippen LogP contribution in [-0.2, 0) is 17.9 Å². The predicted molar refractivity (Wildman–Crippen MR) is 94.8 cm³/mol. The van der Waals surface area contributed by atoms with Crippen LogP contribution in [0.25, 0.3) is 0 Å². The molecule has 3 aliphatic rings. The highest BCUT2D eigenvalue weighted by Gasteiger charge is 2.55. The first kappa shape index (κ1) is 17.0. The van der Waals surface area contributed by atoms with Crippen LogP contribution in [0.1, 0.15) is 44.9 Å². The van der Waals surface area contributed by atoms with Crippen molar-refractivity contribution in [3.05, 3.63) is 12.2 Å². The van der Waals surface area contributed by atoms with Crippen molar-refractivity contribution >= 4 is 5.91 Å². The van der Waals surface area contributed by atoms with Crippen molar-refractivity contribution in [3.8, 4) is 0 Å². The number of carbonyl (C=O) groups is 1. The number of hydrogen-bond donors (Lipinski definition) is 2. The van der Waals surface area contributed by atoms with Crippen LogP contribution in [0.2, 0.25) is 0 Å². The molecule has 0 spiro atoms. The van der Waals surface area contributed by atoms with Crippen molar-refractivity contribution in [2.75, 3.05) is 26.2 Å². The van der Waals surface area contributed by atoms with Gasteiger partial charge in [0.25, 0.3) is 0 Å². The van der Waals surface area contributed by atoms with Crippen LogP contribution in [0.15, 0.2) is 6.33 Å². The summed E-state index contributed by atoms with van der Waals surface area (Å²) in [5, 5.41) is 14.8. The minimum absolute atomic E-state index is 0.189. The Morgan fingerprint density at radius 3 is 3.08 bits per heavy atom. The van der Waals surface area contributed by atoms with Gasteiger partial charge in [0.15, 0.2) is 5.82 Å². The van der Waals surface area contributed by atoms with E-state index in [1.165, 1.54) is 25.7 Å². The predicted octanol–water partition coefficient (Wildman–Crippen LogP) is 0.768. The van der Waals surface area contributed by atoms with E-state index in [2.05, 4.69) is 32.7 Å². The molecular weight excluding hydrogens is 316 g/mol. The number of hydrogen-bond acceptors (Lipinski definition) is 5. The fraction of sp³-hybridized carbons (Fsp3) is 0.833. The zero-order chi connectivity index (χ0) is 17.3. The molecular formula is C18H30N6O. The molecule has 2 saturated heterocycles. The Bertz CT molecular complexity index is 610. The molecule has 0 radical (unpaired) electrons. The summed E-state index contributed by atoms with van der Waals surface area (Å²) in [6.45, 7) is 7.23. The van der Waals surface area contributed by atoms with Gasteiger partial charge in [-0.2, -0.15) is 0 Å². The number of likely N-dealkylation sites (tertiary alicyclic amines) is 1. The highest BCUT2D eigenvalue weighted by molar-refractivity contribution is 5.84. The van der Waals surface area contributed by atoms with Crippen LogP contribution in [0.5, 0.6) is 0 Å². The summed E-state index contributed by atoms with van der Waals surface area (Å²) in [6, 6.07) is 0.697. The summed E-state index contributed by atoms with van der Waals surface area (Å²) in [6.07, 6.45) is 8.08. The maximum absolute atomic E-state index is 13.1. The lowest BCUT2D eigenvalue weighted by atomic mass is 9.80. The summed E-state index contributed by atoms with van der Waals surface area (Å²) in [5.41, 5.74) is -0.266. The third-order valence-electron chi connectivity index (χ3n) is 6.41. The summed E-state index contributed by atoms with van der Waals surface area (Å²) in [7, 11) is 0. The van der Waals surface area contributed by atoms with Gasteiger partial charge in [-0.05, 0) is 19.3 Å². The lowest BCUT2D eigenvalue weighted by molar-refractivity contribution is -0.131. The van der Waals surface area contributed by atoms with Crippen LogP contribution < -0.4 is 10.6 Å². The molecule has 2 atom stereocenters. The SMILES string of the molecule is CCCn1cnnc1CNC(=O)[C@@]12CNC[C@@H]1CN(C1CCCC1)C2. The second kappa shape index (κ2) is 7.03. The van der Waals surface area contributed by atoms with E-state index in [4.69, 9.17) is 0 Å². The first-order valence-electron chi connectivity index (χ1n) is 9.82. The normalized spacial score (nSPS) is 30.0. The summed E-state index contributed by atoms with van der Waals surface area (Å²) in [4.78, 5) is 15.7. The van der Waals surface area contributed by atoms with Crippen LogP contribution in [0.3, 0.4) is 0 Å². The molecule has 1 aromatic heterocycles. The van der Waals surface area contributed by atoms with E-state index in [1.807, 2.05) is 4.57 Å². The van der Waals surface area contributed by atoms with Crippen molar-refractivity contribution in [2.24, 2.45) is 11.3 Å². The molecule has 4 rings (SSSR count). The van der Waals surface area contributed by atoms with Gasteiger partial charge >= 0.3 is 0 Å². The third kappa shape index (κ3) is 3.08. The van der Waals surface area contributed by atoms with Crippen LogP contribution in [-0.4, -0.2) is 57.8 Å². The zero-order valence-electron chi connectivity index (χ0n) is 15.2. The highest BCUT2D eigenvalue weighted by Crippen LogP contribution is 2.42. The van der Waals surface area contributed by atoms with Crippen molar-refractivity contribution in [1.29, 1.82) is 0 Å². The summed E-state index contributed by atoms with van der Waals surface area (Å²) < 4.78 is 2.03. The molecule has 0 bridgehead atoms. The van der Waals surface area contributed by atoms with Gasteiger partial charge in [-0.25, -0.2) is 0 Å². The van der Waals surface area contributed by atoms with Crippen molar-refractivity contribution < 1.29 is 4.79 Å². The van der Waals surface area contributed by atoms with Crippen molar-refractivity contribution in [1.82, 2.24) is 30.3 Å². The Morgan fingerprint density at radius 1 is 1.44 bits per heavy atom. The fourth-order valence-electron chi connectivity index (χ4n) is 5.01.